The number of rotatable bonds is 8. The molecule has 0 radical (unpaired) electrons. The predicted octanol–water partition coefficient (Wildman–Crippen LogP) is 2.80. The maximum atomic E-state index is 12.2. The molecule has 0 aliphatic heterocycles. The first-order valence-corrected chi connectivity index (χ1v) is 8.35. The number of para-hydroxylation sites is 1. The molecule has 2 amide bonds. The zero-order valence-corrected chi connectivity index (χ0v) is 14.6. The lowest BCUT2D eigenvalue weighted by atomic mass is 10.1. The molecule has 0 fully saturated rings. The Hall–Kier alpha value is -3.33. The molecular weight excluding hydrogens is 330 g/mol. The molecular formula is C20H21N3O3. The maximum absolute atomic E-state index is 12.2. The number of carbonyl (C=O) groups is 2. The van der Waals surface area contributed by atoms with E-state index in [0.29, 0.717) is 18.8 Å². The van der Waals surface area contributed by atoms with Crippen molar-refractivity contribution in [2.45, 2.75) is 26.3 Å². The molecule has 0 unspecified atom stereocenters. The zero-order valence-electron chi connectivity index (χ0n) is 14.6. The molecule has 0 saturated heterocycles. The van der Waals surface area contributed by atoms with Gasteiger partial charge in [-0.3, -0.25) is 9.59 Å². The van der Waals surface area contributed by atoms with Gasteiger partial charge in [-0.05, 0) is 36.2 Å². The molecule has 6 heteroatoms. The van der Waals surface area contributed by atoms with Gasteiger partial charge in [-0.15, -0.1) is 0 Å². The summed E-state index contributed by atoms with van der Waals surface area (Å²) in [4.78, 5) is 23.7. The van der Waals surface area contributed by atoms with Crippen LogP contribution in [0.5, 0.6) is 5.75 Å². The summed E-state index contributed by atoms with van der Waals surface area (Å²) in [5.74, 6) is 0.284. The highest BCUT2D eigenvalue weighted by atomic mass is 16.5. The van der Waals surface area contributed by atoms with Crippen molar-refractivity contribution < 1.29 is 14.3 Å². The molecule has 0 aliphatic rings. The fraction of sp³-hybridized carbons (Fsp3) is 0.250. The van der Waals surface area contributed by atoms with E-state index >= 15 is 0 Å². The third-order valence-electron chi connectivity index (χ3n) is 3.61. The molecule has 6 nitrogen and oxygen atoms in total. The van der Waals surface area contributed by atoms with Gasteiger partial charge in [-0.2, -0.15) is 5.26 Å². The summed E-state index contributed by atoms with van der Waals surface area (Å²) in [6.45, 7) is 2.81. The van der Waals surface area contributed by atoms with Crippen molar-refractivity contribution in [1.82, 2.24) is 5.32 Å². The average Bonchev–Trinajstić information content (AvgIpc) is 2.63. The number of carbonyl (C=O) groups excluding carboxylic acids is 2. The van der Waals surface area contributed by atoms with Crippen molar-refractivity contribution in [3.8, 4) is 11.8 Å². The third-order valence-corrected chi connectivity index (χ3v) is 3.61. The van der Waals surface area contributed by atoms with E-state index in [-0.39, 0.29) is 24.7 Å². The Morgan fingerprint density at radius 2 is 1.81 bits per heavy atom. The number of ether oxygens (including phenoxy) is 1. The van der Waals surface area contributed by atoms with Crippen molar-refractivity contribution in [1.29, 1.82) is 5.26 Å². The number of nitriles is 1. The second-order valence-corrected chi connectivity index (χ2v) is 5.57. The normalized spacial score (nSPS) is 9.85. The van der Waals surface area contributed by atoms with Crippen molar-refractivity contribution in [3.05, 3.63) is 59.7 Å². The monoisotopic (exact) mass is 351 g/mol. The standard InChI is InChI=1S/C20H21N3O3/c1-2-26-17-9-7-15(8-10-17)13-20(25)22-14-16-5-3-4-6-18(16)23-19(24)11-12-21/h3-10H,2,11,13-14H2,1H3,(H,22,25)(H,23,24). The predicted molar refractivity (Wildman–Crippen MR) is 98.5 cm³/mol. The van der Waals surface area contributed by atoms with E-state index < -0.39 is 0 Å². The summed E-state index contributed by atoms with van der Waals surface area (Å²) in [5, 5.41) is 14.1. The van der Waals surface area contributed by atoms with E-state index in [1.165, 1.54) is 0 Å². The summed E-state index contributed by atoms with van der Waals surface area (Å²) >= 11 is 0. The fourth-order valence-corrected chi connectivity index (χ4v) is 2.37. The summed E-state index contributed by atoms with van der Waals surface area (Å²) in [6, 6.07) is 16.4. The fourth-order valence-electron chi connectivity index (χ4n) is 2.37. The van der Waals surface area contributed by atoms with Gasteiger partial charge in [0.15, 0.2) is 0 Å². The van der Waals surface area contributed by atoms with E-state index in [1.807, 2.05) is 43.3 Å². The molecule has 2 aromatic carbocycles. The van der Waals surface area contributed by atoms with Crippen molar-refractivity contribution >= 4 is 17.5 Å². The van der Waals surface area contributed by atoms with Gasteiger partial charge in [0.1, 0.15) is 12.2 Å². The minimum Gasteiger partial charge on any atom is -0.494 e. The molecule has 2 rings (SSSR count). The van der Waals surface area contributed by atoms with Gasteiger partial charge in [0.2, 0.25) is 11.8 Å². The number of amides is 2. The molecule has 0 spiro atoms. The van der Waals surface area contributed by atoms with Gasteiger partial charge in [-0.25, -0.2) is 0 Å². The Bertz CT molecular complexity index is 795. The van der Waals surface area contributed by atoms with Crippen LogP contribution >= 0.6 is 0 Å². The first-order chi connectivity index (χ1) is 12.6. The number of nitrogens with one attached hydrogen (secondary N) is 2. The van der Waals surface area contributed by atoms with Crippen LogP contribution in [0.1, 0.15) is 24.5 Å². The Balaban J connectivity index is 1.91. The van der Waals surface area contributed by atoms with Crippen molar-refractivity contribution in [2.75, 3.05) is 11.9 Å². The first-order valence-electron chi connectivity index (χ1n) is 8.35. The van der Waals surface area contributed by atoms with Gasteiger partial charge >= 0.3 is 0 Å². The first kappa shape index (κ1) is 19.0. The summed E-state index contributed by atoms with van der Waals surface area (Å²) in [7, 11) is 0. The highest BCUT2D eigenvalue weighted by Crippen LogP contribution is 2.16. The summed E-state index contributed by atoms with van der Waals surface area (Å²) in [6.07, 6.45) is 0.0494. The van der Waals surface area contributed by atoms with Crippen LogP contribution in [0.4, 0.5) is 5.69 Å². The average molecular weight is 351 g/mol. The van der Waals surface area contributed by atoms with E-state index in [0.717, 1.165) is 16.9 Å². The number of nitrogens with zero attached hydrogens (tertiary/aromatic N) is 1. The van der Waals surface area contributed by atoms with E-state index in [2.05, 4.69) is 10.6 Å². The van der Waals surface area contributed by atoms with Crippen LogP contribution in [0.25, 0.3) is 0 Å². The van der Waals surface area contributed by atoms with Crippen LogP contribution in [0.2, 0.25) is 0 Å². The van der Waals surface area contributed by atoms with E-state index in [9.17, 15) is 9.59 Å². The Morgan fingerprint density at radius 3 is 2.50 bits per heavy atom. The van der Waals surface area contributed by atoms with Gasteiger partial charge < -0.3 is 15.4 Å². The molecule has 0 bridgehead atoms. The quantitative estimate of drug-likeness (QED) is 0.765. The molecule has 0 aromatic heterocycles. The molecule has 2 N–H and O–H groups in total. The van der Waals surface area contributed by atoms with E-state index in [4.69, 9.17) is 10.00 Å². The van der Waals surface area contributed by atoms with Crippen LogP contribution in [0, 0.1) is 11.3 Å². The number of hydrogen-bond donors (Lipinski definition) is 2. The lowest BCUT2D eigenvalue weighted by Gasteiger charge is -2.11. The molecule has 0 saturated carbocycles. The number of hydrogen-bond acceptors (Lipinski definition) is 4. The van der Waals surface area contributed by atoms with Crippen molar-refractivity contribution in [3.63, 3.8) is 0 Å². The molecule has 26 heavy (non-hydrogen) atoms. The van der Waals surface area contributed by atoms with Crippen LogP contribution in [-0.2, 0) is 22.6 Å². The Morgan fingerprint density at radius 1 is 1.08 bits per heavy atom. The van der Waals surface area contributed by atoms with E-state index in [1.54, 1.807) is 18.2 Å². The van der Waals surface area contributed by atoms with Gasteiger partial charge in [0, 0.05) is 12.2 Å². The van der Waals surface area contributed by atoms with Crippen LogP contribution < -0.4 is 15.4 Å². The highest BCUT2D eigenvalue weighted by Gasteiger charge is 2.08. The van der Waals surface area contributed by atoms with Gasteiger partial charge in [0.05, 0.1) is 19.1 Å². The third kappa shape index (κ3) is 5.95. The SMILES string of the molecule is CCOc1ccc(CC(=O)NCc2ccccc2NC(=O)CC#N)cc1. The molecule has 0 heterocycles. The van der Waals surface area contributed by atoms with Crippen LogP contribution in [-0.4, -0.2) is 18.4 Å². The smallest absolute Gasteiger partial charge is 0.238 e. The van der Waals surface area contributed by atoms with Crippen LogP contribution in [0.15, 0.2) is 48.5 Å². The summed E-state index contributed by atoms with van der Waals surface area (Å²) in [5.41, 5.74) is 2.26. The van der Waals surface area contributed by atoms with Crippen LogP contribution in [0.3, 0.4) is 0 Å². The van der Waals surface area contributed by atoms with Crippen molar-refractivity contribution in [2.24, 2.45) is 0 Å². The second kappa shape index (κ2) is 9.84. The van der Waals surface area contributed by atoms with Gasteiger partial charge in [-0.1, -0.05) is 30.3 Å². The number of anilines is 1. The second-order valence-electron chi connectivity index (χ2n) is 5.57. The summed E-state index contributed by atoms with van der Waals surface area (Å²) < 4.78 is 5.38. The topological polar surface area (TPSA) is 91.2 Å². The minimum atomic E-state index is -0.374. The zero-order chi connectivity index (χ0) is 18.8. The van der Waals surface area contributed by atoms with Gasteiger partial charge in [0.25, 0.3) is 0 Å². The Labute approximate surface area is 152 Å². The largest absolute Gasteiger partial charge is 0.494 e. The minimum absolute atomic E-state index is 0.118. The molecule has 134 valence electrons. The molecule has 0 aliphatic carbocycles. The Kier molecular flexibility index (Phi) is 7.19. The number of benzene rings is 2. The lowest BCUT2D eigenvalue weighted by Crippen LogP contribution is -2.25. The molecule has 0 atom stereocenters. The lowest BCUT2D eigenvalue weighted by molar-refractivity contribution is -0.120. The highest BCUT2D eigenvalue weighted by molar-refractivity contribution is 5.92. The molecule has 2 aromatic rings. The maximum Gasteiger partial charge on any atom is 0.238 e.